The predicted octanol–water partition coefficient (Wildman–Crippen LogP) is 8.13. The van der Waals surface area contributed by atoms with E-state index < -0.39 is 0 Å². The van der Waals surface area contributed by atoms with Crippen molar-refractivity contribution in [1.82, 2.24) is 0 Å². The highest BCUT2D eigenvalue weighted by molar-refractivity contribution is 6.12. The summed E-state index contributed by atoms with van der Waals surface area (Å²) in [6.07, 6.45) is 6.62. The Morgan fingerprint density at radius 1 is 0.871 bits per heavy atom. The summed E-state index contributed by atoms with van der Waals surface area (Å²) in [5.74, 6) is 1.50. The van der Waals surface area contributed by atoms with Crippen molar-refractivity contribution in [2.75, 3.05) is 0 Å². The number of ketones is 1. The quantitative estimate of drug-likeness (QED) is 0.376. The Bertz CT molecular complexity index is 1060. The molecule has 1 aliphatic carbocycles. The van der Waals surface area contributed by atoms with Gasteiger partial charge in [0, 0.05) is 11.1 Å². The van der Waals surface area contributed by atoms with Gasteiger partial charge in [0.2, 0.25) is 0 Å². The molecule has 0 aliphatic heterocycles. The van der Waals surface area contributed by atoms with Crippen LogP contribution >= 0.6 is 0 Å². The van der Waals surface area contributed by atoms with Gasteiger partial charge in [-0.05, 0) is 65.3 Å². The molecule has 0 N–H and O–H groups in total. The minimum atomic E-state index is 0.108. The summed E-state index contributed by atoms with van der Waals surface area (Å²) in [6.45, 7) is 8.25. The first kappa shape index (κ1) is 21.3. The molecule has 31 heavy (non-hydrogen) atoms. The van der Waals surface area contributed by atoms with Crippen LogP contribution in [0.15, 0.2) is 79.4 Å². The number of rotatable bonds is 6. The molecular formula is C30H32O. The van der Waals surface area contributed by atoms with Crippen molar-refractivity contribution in [1.29, 1.82) is 0 Å². The first-order chi connectivity index (χ1) is 15.1. The van der Waals surface area contributed by atoms with Gasteiger partial charge in [0.25, 0.3) is 0 Å². The van der Waals surface area contributed by atoms with Crippen molar-refractivity contribution >= 4 is 11.9 Å². The lowest BCUT2D eigenvalue weighted by Gasteiger charge is -2.30. The van der Waals surface area contributed by atoms with Gasteiger partial charge in [-0.25, -0.2) is 0 Å². The molecule has 2 unspecified atom stereocenters. The zero-order valence-electron chi connectivity index (χ0n) is 18.7. The Morgan fingerprint density at radius 2 is 1.55 bits per heavy atom. The van der Waals surface area contributed by atoms with Gasteiger partial charge in [-0.2, -0.15) is 0 Å². The first-order valence-electron chi connectivity index (χ1n) is 11.5. The standard InChI is InChI=1S/C30H32O/c1-4-22-17-18-26(25-14-10-13-24(19-25)23-11-6-5-7-12-23)20-29(22)30(31)28-16-9-8-15-27(28)21(2)3/h4-9,11-12,15-18,20-21,24-25H,1,10,13-14,19H2,2-3H3. The summed E-state index contributed by atoms with van der Waals surface area (Å²) >= 11 is 0. The SMILES string of the molecule is C=Cc1ccc(C2CCCC(c3ccccc3)C2)cc1C(=O)c1ccccc1C(C)C. The molecule has 0 saturated heterocycles. The number of hydrogen-bond acceptors (Lipinski definition) is 1. The molecule has 1 heteroatoms. The highest BCUT2D eigenvalue weighted by Crippen LogP contribution is 2.41. The molecule has 0 amide bonds. The lowest BCUT2D eigenvalue weighted by atomic mass is 9.74. The van der Waals surface area contributed by atoms with E-state index in [-0.39, 0.29) is 5.78 Å². The number of hydrogen-bond donors (Lipinski definition) is 0. The van der Waals surface area contributed by atoms with Crippen molar-refractivity contribution in [2.45, 2.75) is 57.3 Å². The molecule has 158 valence electrons. The molecule has 0 heterocycles. The smallest absolute Gasteiger partial charge is 0.193 e. The molecule has 4 rings (SSSR count). The van der Waals surface area contributed by atoms with Gasteiger partial charge < -0.3 is 0 Å². The maximum Gasteiger partial charge on any atom is 0.193 e. The minimum Gasteiger partial charge on any atom is -0.289 e. The summed E-state index contributed by atoms with van der Waals surface area (Å²) in [5.41, 5.74) is 6.34. The second-order valence-corrected chi connectivity index (χ2v) is 9.09. The van der Waals surface area contributed by atoms with Crippen LogP contribution in [-0.4, -0.2) is 5.78 Å². The van der Waals surface area contributed by atoms with Crippen LogP contribution in [-0.2, 0) is 0 Å². The van der Waals surface area contributed by atoms with Crippen LogP contribution in [0.1, 0.15) is 95.5 Å². The van der Waals surface area contributed by atoms with Crippen LogP contribution in [0.4, 0.5) is 0 Å². The van der Waals surface area contributed by atoms with Gasteiger partial charge >= 0.3 is 0 Å². The molecule has 1 fully saturated rings. The second-order valence-electron chi connectivity index (χ2n) is 9.09. The van der Waals surface area contributed by atoms with E-state index in [0.717, 1.165) is 28.7 Å². The van der Waals surface area contributed by atoms with Crippen LogP contribution < -0.4 is 0 Å². The highest BCUT2D eigenvalue weighted by atomic mass is 16.1. The third-order valence-corrected chi connectivity index (χ3v) is 6.79. The van der Waals surface area contributed by atoms with Gasteiger partial charge in [0.15, 0.2) is 5.78 Å². The van der Waals surface area contributed by atoms with E-state index in [1.165, 1.54) is 30.4 Å². The van der Waals surface area contributed by atoms with Gasteiger partial charge in [-0.1, -0.05) is 99.7 Å². The lowest BCUT2D eigenvalue weighted by Crippen LogP contribution is -2.14. The Kier molecular flexibility index (Phi) is 6.51. The summed E-state index contributed by atoms with van der Waals surface area (Å²) in [6, 6.07) is 25.3. The third-order valence-electron chi connectivity index (χ3n) is 6.79. The van der Waals surface area contributed by atoms with Crippen LogP contribution in [0.3, 0.4) is 0 Å². The van der Waals surface area contributed by atoms with Gasteiger partial charge in [0.05, 0.1) is 0 Å². The largest absolute Gasteiger partial charge is 0.289 e. The monoisotopic (exact) mass is 408 g/mol. The molecule has 3 aromatic carbocycles. The molecule has 0 spiro atoms. The fourth-order valence-corrected chi connectivity index (χ4v) is 5.08. The van der Waals surface area contributed by atoms with E-state index in [1.54, 1.807) is 0 Å². The molecule has 1 aliphatic rings. The normalized spacial score (nSPS) is 18.7. The zero-order valence-corrected chi connectivity index (χ0v) is 18.7. The van der Waals surface area contributed by atoms with Crippen molar-refractivity contribution in [3.05, 3.63) is 113 Å². The van der Waals surface area contributed by atoms with Crippen LogP contribution in [0.25, 0.3) is 6.08 Å². The van der Waals surface area contributed by atoms with Crippen molar-refractivity contribution in [3.63, 3.8) is 0 Å². The molecule has 2 atom stereocenters. The number of carbonyl (C=O) groups is 1. The van der Waals surface area contributed by atoms with Crippen LogP contribution in [0, 0.1) is 0 Å². The van der Waals surface area contributed by atoms with Crippen molar-refractivity contribution in [2.24, 2.45) is 0 Å². The fraction of sp³-hybridized carbons (Fsp3) is 0.300. The van der Waals surface area contributed by atoms with Crippen LogP contribution in [0.5, 0.6) is 0 Å². The molecule has 1 saturated carbocycles. The number of carbonyl (C=O) groups excluding carboxylic acids is 1. The molecule has 0 aromatic heterocycles. The Morgan fingerprint density at radius 3 is 2.26 bits per heavy atom. The Balaban J connectivity index is 1.67. The van der Waals surface area contributed by atoms with E-state index in [4.69, 9.17) is 0 Å². The molecule has 1 nitrogen and oxygen atoms in total. The first-order valence-corrected chi connectivity index (χ1v) is 11.5. The van der Waals surface area contributed by atoms with Gasteiger partial charge in [0.1, 0.15) is 0 Å². The van der Waals surface area contributed by atoms with E-state index in [2.05, 4.69) is 75.0 Å². The Hall–Kier alpha value is -2.93. The summed E-state index contributed by atoms with van der Waals surface area (Å²) in [4.78, 5) is 13.6. The summed E-state index contributed by atoms with van der Waals surface area (Å²) in [5, 5.41) is 0. The van der Waals surface area contributed by atoms with Gasteiger partial charge in [-0.3, -0.25) is 4.79 Å². The van der Waals surface area contributed by atoms with E-state index in [9.17, 15) is 4.79 Å². The highest BCUT2D eigenvalue weighted by Gasteiger charge is 2.26. The summed E-state index contributed by atoms with van der Waals surface area (Å²) < 4.78 is 0. The predicted molar refractivity (Wildman–Crippen MR) is 131 cm³/mol. The average molecular weight is 409 g/mol. The molecule has 0 bridgehead atoms. The summed E-state index contributed by atoms with van der Waals surface area (Å²) in [7, 11) is 0. The minimum absolute atomic E-state index is 0.108. The topological polar surface area (TPSA) is 17.1 Å². The van der Waals surface area contributed by atoms with Crippen LogP contribution in [0.2, 0.25) is 0 Å². The molecular weight excluding hydrogens is 376 g/mol. The lowest BCUT2D eigenvalue weighted by molar-refractivity contribution is 0.103. The number of benzene rings is 3. The fourth-order valence-electron chi connectivity index (χ4n) is 5.08. The van der Waals surface area contributed by atoms with Crippen molar-refractivity contribution in [3.8, 4) is 0 Å². The average Bonchev–Trinajstić information content (AvgIpc) is 2.83. The zero-order chi connectivity index (χ0) is 21.8. The third kappa shape index (κ3) is 4.56. The van der Waals surface area contributed by atoms with E-state index >= 15 is 0 Å². The molecule has 3 aromatic rings. The maximum absolute atomic E-state index is 13.6. The van der Waals surface area contributed by atoms with Gasteiger partial charge in [-0.15, -0.1) is 0 Å². The Labute approximate surface area is 186 Å². The maximum atomic E-state index is 13.6. The second kappa shape index (κ2) is 9.47. The molecule has 0 radical (unpaired) electrons. The van der Waals surface area contributed by atoms with E-state index in [0.29, 0.717) is 17.8 Å². The van der Waals surface area contributed by atoms with E-state index in [1.807, 2.05) is 24.3 Å². The van der Waals surface area contributed by atoms with Crippen molar-refractivity contribution < 1.29 is 4.79 Å².